The first-order valence-electron chi connectivity index (χ1n) is 8.10. The molecule has 0 aromatic heterocycles. The van der Waals surface area contributed by atoms with Crippen LogP contribution < -0.4 is 0 Å². The van der Waals surface area contributed by atoms with Gasteiger partial charge in [0.15, 0.2) is 5.78 Å². The van der Waals surface area contributed by atoms with Gasteiger partial charge in [-0.1, -0.05) is 72.3 Å². The van der Waals surface area contributed by atoms with E-state index in [9.17, 15) is 13.2 Å². The smallest absolute Gasteiger partial charge is 0.291 e. The predicted molar refractivity (Wildman–Crippen MR) is 101 cm³/mol. The fourth-order valence-corrected chi connectivity index (χ4v) is 3.33. The summed E-state index contributed by atoms with van der Waals surface area (Å²) in [7, 11) is -3.95. The van der Waals surface area contributed by atoms with Gasteiger partial charge in [-0.15, -0.1) is 0 Å². The van der Waals surface area contributed by atoms with E-state index in [-0.39, 0.29) is 10.7 Å². The molecule has 0 fully saturated rings. The first-order chi connectivity index (χ1) is 12.5. The molecule has 0 radical (unpaired) electrons. The highest BCUT2D eigenvalue weighted by atomic mass is 32.2. The fourth-order valence-electron chi connectivity index (χ4n) is 2.47. The van der Waals surface area contributed by atoms with Crippen LogP contribution in [0, 0.1) is 6.92 Å². The minimum absolute atomic E-state index is 0.0373. The molecule has 0 atom stereocenters. The van der Waals surface area contributed by atoms with E-state index < -0.39 is 16.7 Å². The lowest BCUT2D eigenvalue weighted by atomic mass is 10.0. The summed E-state index contributed by atoms with van der Waals surface area (Å²) in [6, 6.07) is 23.1. The molecular weight excluding hydrogens is 348 g/mol. The van der Waals surface area contributed by atoms with Gasteiger partial charge in [-0.25, -0.2) is 0 Å². The average molecular weight is 366 g/mol. The van der Waals surface area contributed by atoms with Crippen molar-refractivity contribution < 1.29 is 17.4 Å². The zero-order valence-corrected chi connectivity index (χ0v) is 15.1. The van der Waals surface area contributed by atoms with Gasteiger partial charge in [0.05, 0.1) is 4.90 Å². The van der Waals surface area contributed by atoms with Crippen molar-refractivity contribution in [3.8, 4) is 11.1 Å². The van der Waals surface area contributed by atoms with E-state index in [1.807, 2.05) is 49.4 Å². The minimum atomic E-state index is -3.95. The van der Waals surface area contributed by atoms with Gasteiger partial charge in [0.2, 0.25) is 0 Å². The molecule has 132 valence electrons. The van der Waals surface area contributed by atoms with Gasteiger partial charge in [0, 0.05) is 5.56 Å². The van der Waals surface area contributed by atoms with Gasteiger partial charge in [-0.3, -0.25) is 8.98 Å². The molecule has 0 aliphatic carbocycles. The van der Waals surface area contributed by atoms with Gasteiger partial charge in [0.25, 0.3) is 10.1 Å². The second-order valence-corrected chi connectivity index (χ2v) is 7.51. The van der Waals surface area contributed by atoms with E-state index in [1.54, 1.807) is 24.3 Å². The van der Waals surface area contributed by atoms with E-state index in [1.165, 1.54) is 12.1 Å². The quantitative estimate of drug-likeness (QED) is 0.483. The number of carbonyl (C=O) groups is 1. The molecule has 0 unspecified atom stereocenters. The van der Waals surface area contributed by atoms with Crippen LogP contribution >= 0.6 is 0 Å². The van der Waals surface area contributed by atoms with Crippen molar-refractivity contribution in [2.24, 2.45) is 0 Å². The van der Waals surface area contributed by atoms with Gasteiger partial charge in [0.1, 0.15) is 6.61 Å². The highest BCUT2D eigenvalue weighted by molar-refractivity contribution is 7.86. The van der Waals surface area contributed by atoms with Gasteiger partial charge in [-0.05, 0) is 30.2 Å². The standard InChI is InChI=1S/C21H18O4S/c1-16-7-13-20(14-8-16)26(23,24)25-15-21(22)19-11-9-18(10-12-19)17-5-3-2-4-6-17/h2-14H,15H2,1H3. The van der Waals surface area contributed by atoms with Crippen LogP contribution in [0.25, 0.3) is 11.1 Å². The molecule has 0 spiro atoms. The number of hydrogen-bond acceptors (Lipinski definition) is 4. The maximum atomic E-state index is 12.2. The molecule has 3 aromatic carbocycles. The second kappa shape index (κ2) is 7.64. The largest absolute Gasteiger partial charge is 0.297 e. The van der Waals surface area contributed by atoms with Gasteiger partial charge < -0.3 is 0 Å². The average Bonchev–Trinajstić information content (AvgIpc) is 2.67. The highest BCUT2D eigenvalue weighted by Gasteiger charge is 2.17. The molecule has 3 aromatic rings. The predicted octanol–water partition coefficient (Wildman–Crippen LogP) is 4.25. The maximum absolute atomic E-state index is 12.2. The van der Waals surface area contributed by atoms with Crippen molar-refractivity contribution in [1.29, 1.82) is 0 Å². The third kappa shape index (κ3) is 4.25. The lowest BCUT2D eigenvalue weighted by molar-refractivity contribution is 0.0924. The maximum Gasteiger partial charge on any atom is 0.297 e. The summed E-state index contributed by atoms with van der Waals surface area (Å²) in [4.78, 5) is 12.3. The SMILES string of the molecule is Cc1ccc(S(=O)(=O)OCC(=O)c2ccc(-c3ccccc3)cc2)cc1. The van der Waals surface area contributed by atoms with Crippen molar-refractivity contribution >= 4 is 15.9 Å². The topological polar surface area (TPSA) is 60.4 Å². The third-order valence-corrected chi connectivity index (χ3v) is 5.25. The van der Waals surface area contributed by atoms with Crippen molar-refractivity contribution in [3.63, 3.8) is 0 Å². The summed E-state index contributed by atoms with van der Waals surface area (Å²) in [5.74, 6) is -0.389. The molecule has 0 saturated heterocycles. The number of benzene rings is 3. The summed E-state index contributed by atoms with van der Waals surface area (Å²) in [5.41, 5.74) is 3.38. The Bertz CT molecular complexity index is 990. The van der Waals surface area contributed by atoms with Crippen LogP contribution in [0.5, 0.6) is 0 Å². The molecule has 3 rings (SSSR count). The van der Waals surface area contributed by atoms with Crippen LogP contribution in [0.2, 0.25) is 0 Å². The van der Waals surface area contributed by atoms with Crippen molar-refractivity contribution in [2.75, 3.05) is 6.61 Å². The summed E-state index contributed by atoms with van der Waals surface area (Å²) in [6.45, 7) is 1.33. The molecule has 26 heavy (non-hydrogen) atoms. The zero-order chi connectivity index (χ0) is 18.6. The Hall–Kier alpha value is -2.76. The molecule has 0 amide bonds. The Balaban J connectivity index is 1.67. The lowest BCUT2D eigenvalue weighted by Crippen LogP contribution is -2.14. The lowest BCUT2D eigenvalue weighted by Gasteiger charge is -2.07. The van der Waals surface area contributed by atoms with E-state index in [0.29, 0.717) is 5.56 Å². The normalized spacial score (nSPS) is 11.3. The monoisotopic (exact) mass is 366 g/mol. The van der Waals surface area contributed by atoms with E-state index in [2.05, 4.69) is 0 Å². The highest BCUT2D eigenvalue weighted by Crippen LogP contribution is 2.20. The van der Waals surface area contributed by atoms with Crippen LogP contribution in [-0.2, 0) is 14.3 Å². The Kier molecular flexibility index (Phi) is 5.30. The number of aryl methyl sites for hydroxylation is 1. The van der Waals surface area contributed by atoms with Gasteiger partial charge >= 0.3 is 0 Å². The summed E-state index contributed by atoms with van der Waals surface area (Å²) < 4.78 is 29.2. The third-order valence-electron chi connectivity index (χ3n) is 3.97. The molecule has 0 aliphatic rings. The molecule has 0 heterocycles. The number of ketones is 1. The summed E-state index contributed by atoms with van der Waals surface area (Å²) in [6.07, 6.45) is 0. The second-order valence-electron chi connectivity index (χ2n) is 5.90. The van der Waals surface area contributed by atoms with E-state index in [4.69, 9.17) is 4.18 Å². The molecule has 4 nitrogen and oxygen atoms in total. The fraction of sp³-hybridized carbons (Fsp3) is 0.0952. The van der Waals surface area contributed by atoms with E-state index in [0.717, 1.165) is 16.7 Å². The Morgan fingerprint density at radius 1 is 0.808 bits per heavy atom. The van der Waals surface area contributed by atoms with Gasteiger partial charge in [-0.2, -0.15) is 8.42 Å². The number of Topliss-reactive ketones (excluding diaryl/α,β-unsaturated/α-hetero) is 1. The van der Waals surface area contributed by atoms with Crippen LogP contribution in [0.15, 0.2) is 83.8 Å². The van der Waals surface area contributed by atoms with Crippen LogP contribution in [0.4, 0.5) is 0 Å². The molecular formula is C21H18O4S. The number of rotatable bonds is 6. The molecule has 5 heteroatoms. The molecule has 0 saturated carbocycles. The van der Waals surface area contributed by atoms with Crippen LogP contribution in [0.3, 0.4) is 0 Å². The number of carbonyl (C=O) groups excluding carboxylic acids is 1. The van der Waals surface area contributed by atoms with Crippen molar-refractivity contribution in [2.45, 2.75) is 11.8 Å². The summed E-state index contributed by atoms with van der Waals surface area (Å²) in [5, 5.41) is 0. The zero-order valence-electron chi connectivity index (χ0n) is 14.3. The number of hydrogen-bond donors (Lipinski definition) is 0. The molecule has 0 N–H and O–H groups in total. The molecule has 0 bridgehead atoms. The van der Waals surface area contributed by atoms with Crippen LogP contribution in [-0.4, -0.2) is 20.8 Å². The van der Waals surface area contributed by atoms with Crippen molar-refractivity contribution in [3.05, 3.63) is 90.0 Å². The first kappa shape index (κ1) is 18.0. The van der Waals surface area contributed by atoms with Crippen LogP contribution in [0.1, 0.15) is 15.9 Å². The minimum Gasteiger partial charge on any atom is -0.291 e. The first-order valence-corrected chi connectivity index (χ1v) is 9.51. The Labute approximate surface area is 153 Å². The summed E-state index contributed by atoms with van der Waals surface area (Å²) >= 11 is 0. The Morgan fingerprint density at radius 2 is 1.38 bits per heavy atom. The molecule has 0 aliphatic heterocycles. The van der Waals surface area contributed by atoms with E-state index >= 15 is 0 Å². The van der Waals surface area contributed by atoms with Crippen molar-refractivity contribution in [1.82, 2.24) is 0 Å². The Morgan fingerprint density at radius 3 is 2.00 bits per heavy atom.